The highest BCUT2D eigenvalue weighted by Crippen LogP contribution is 2.04. The zero-order valence-corrected chi connectivity index (χ0v) is 11.4. The van der Waals surface area contributed by atoms with Gasteiger partial charge in [-0.3, -0.25) is 4.79 Å². The van der Waals surface area contributed by atoms with Gasteiger partial charge in [0.25, 0.3) is 5.91 Å². The SMILES string of the molecule is Cn1cccc1C(=O)NCc1ccc(C#CCN)cc1. The first-order valence-electron chi connectivity index (χ1n) is 6.38. The van der Waals surface area contributed by atoms with Crippen LogP contribution < -0.4 is 11.1 Å². The molecule has 0 aliphatic heterocycles. The fourth-order valence-corrected chi connectivity index (χ4v) is 1.83. The number of rotatable bonds is 3. The quantitative estimate of drug-likeness (QED) is 0.823. The zero-order chi connectivity index (χ0) is 14.4. The lowest BCUT2D eigenvalue weighted by Gasteiger charge is -2.06. The fourth-order valence-electron chi connectivity index (χ4n) is 1.83. The molecule has 4 nitrogen and oxygen atoms in total. The number of benzene rings is 1. The van der Waals surface area contributed by atoms with Gasteiger partial charge in [0.2, 0.25) is 0 Å². The summed E-state index contributed by atoms with van der Waals surface area (Å²) in [5.41, 5.74) is 7.93. The van der Waals surface area contributed by atoms with Crippen LogP contribution in [0.1, 0.15) is 21.6 Å². The number of amides is 1. The van der Waals surface area contributed by atoms with Crippen molar-refractivity contribution in [2.75, 3.05) is 6.54 Å². The molecule has 2 rings (SSSR count). The first-order valence-corrected chi connectivity index (χ1v) is 6.38. The number of nitrogens with zero attached hydrogens (tertiary/aromatic N) is 1. The van der Waals surface area contributed by atoms with Crippen LogP contribution in [0.5, 0.6) is 0 Å². The van der Waals surface area contributed by atoms with Crippen LogP contribution in [-0.2, 0) is 13.6 Å². The average Bonchev–Trinajstić information content (AvgIpc) is 2.90. The van der Waals surface area contributed by atoms with E-state index in [4.69, 9.17) is 5.73 Å². The van der Waals surface area contributed by atoms with E-state index in [2.05, 4.69) is 17.2 Å². The van der Waals surface area contributed by atoms with E-state index in [1.165, 1.54) is 0 Å². The monoisotopic (exact) mass is 267 g/mol. The van der Waals surface area contributed by atoms with E-state index < -0.39 is 0 Å². The third-order valence-electron chi connectivity index (χ3n) is 2.92. The normalized spacial score (nSPS) is 9.70. The Morgan fingerprint density at radius 2 is 2.05 bits per heavy atom. The summed E-state index contributed by atoms with van der Waals surface area (Å²) in [6, 6.07) is 11.4. The molecule has 0 fully saturated rings. The summed E-state index contributed by atoms with van der Waals surface area (Å²) in [6.45, 7) is 0.850. The number of aryl methyl sites for hydroxylation is 1. The van der Waals surface area contributed by atoms with E-state index in [1.54, 1.807) is 10.6 Å². The Labute approximate surface area is 118 Å². The predicted molar refractivity (Wildman–Crippen MR) is 79.0 cm³/mol. The standard InChI is InChI=1S/C16H17N3O/c1-19-11-3-5-15(19)16(20)18-12-14-8-6-13(7-9-14)4-2-10-17/h3,5-9,11H,10,12,17H2,1H3,(H,18,20). The maximum atomic E-state index is 11.9. The summed E-state index contributed by atoms with van der Waals surface area (Å²) in [4.78, 5) is 11.9. The van der Waals surface area contributed by atoms with Crippen LogP contribution in [0.4, 0.5) is 0 Å². The van der Waals surface area contributed by atoms with Crippen molar-refractivity contribution in [2.24, 2.45) is 12.8 Å². The molecule has 102 valence electrons. The van der Waals surface area contributed by atoms with Crippen LogP contribution in [0.2, 0.25) is 0 Å². The van der Waals surface area contributed by atoms with E-state index in [0.717, 1.165) is 11.1 Å². The number of carbonyl (C=O) groups excluding carboxylic acids is 1. The Kier molecular flexibility index (Phi) is 4.59. The van der Waals surface area contributed by atoms with Gasteiger partial charge in [-0.15, -0.1) is 0 Å². The van der Waals surface area contributed by atoms with Crippen LogP contribution in [0.15, 0.2) is 42.6 Å². The smallest absolute Gasteiger partial charge is 0.268 e. The second kappa shape index (κ2) is 6.60. The van der Waals surface area contributed by atoms with Gasteiger partial charge in [0.1, 0.15) is 5.69 Å². The second-order valence-electron chi connectivity index (χ2n) is 4.39. The van der Waals surface area contributed by atoms with Gasteiger partial charge >= 0.3 is 0 Å². The minimum atomic E-state index is -0.0792. The molecule has 0 saturated carbocycles. The van der Waals surface area contributed by atoms with Gasteiger partial charge in [-0.25, -0.2) is 0 Å². The van der Waals surface area contributed by atoms with Crippen LogP contribution in [-0.4, -0.2) is 17.0 Å². The van der Waals surface area contributed by atoms with Gasteiger partial charge in [0.05, 0.1) is 6.54 Å². The summed E-state index contributed by atoms with van der Waals surface area (Å²) in [6.07, 6.45) is 1.85. The first kappa shape index (κ1) is 13.9. The molecule has 2 aromatic rings. The maximum Gasteiger partial charge on any atom is 0.268 e. The van der Waals surface area contributed by atoms with E-state index in [0.29, 0.717) is 18.8 Å². The van der Waals surface area contributed by atoms with Crippen LogP contribution in [0.3, 0.4) is 0 Å². The molecule has 1 aromatic carbocycles. The number of nitrogens with one attached hydrogen (secondary N) is 1. The van der Waals surface area contributed by atoms with Crippen LogP contribution in [0, 0.1) is 11.8 Å². The molecule has 0 unspecified atom stereocenters. The number of carbonyl (C=O) groups is 1. The third-order valence-corrected chi connectivity index (χ3v) is 2.92. The lowest BCUT2D eigenvalue weighted by molar-refractivity contribution is 0.0943. The highest BCUT2D eigenvalue weighted by Gasteiger charge is 2.07. The molecule has 0 atom stereocenters. The van der Waals surface area contributed by atoms with Crippen molar-refractivity contribution >= 4 is 5.91 Å². The van der Waals surface area contributed by atoms with E-state index in [1.807, 2.05) is 43.6 Å². The molecule has 0 radical (unpaired) electrons. The fraction of sp³-hybridized carbons (Fsp3) is 0.188. The van der Waals surface area contributed by atoms with Crippen molar-refractivity contribution in [3.63, 3.8) is 0 Å². The molecule has 3 N–H and O–H groups in total. The molecule has 0 aliphatic carbocycles. The maximum absolute atomic E-state index is 11.9. The van der Waals surface area contributed by atoms with Gasteiger partial charge in [0.15, 0.2) is 0 Å². The van der Waals surface area contributed by atoms with Crippen molar-refractivity contribution in [3.05, 3.63) is 59.4 Å². The van der Waals surface area contributed by atoms with E-state index >= 15 is 0 Å². The molecule has 20 heavy (non-hydrogen) atoms. The molecular weight excluding hydrogens is 250 g/mol. The summed E-state index contributed by atoms with van der Waals surface area (Å²) in [5.74, 6) is 5.69. The molecule has 1 aromatic heterocycles. The highest BCUT2D eigenvalue weighted by molar-refractivity contribution is 5.92. The van der Waals surface area contributed by atoms with Crippen molar-refractivity contribution in [3.8, 4) is 11.8 Å². The van der Waals surface area contributed by atoms with Gasteiger partial charge in [0, 0.05) is 25.4 Å². The Balaban J connectivity index is 1.94. The zero-order valence-electron chi connectivity index (χ0n) is 11.4. The summed E-state index contributed by atoms with van der Waals surface area (Å²) in [5, 5.41) is 2.89. The largest absolute Gasteiger partial charge is 0.347 e. The Hall–Kier alpha value is -2.51. The van der Waals surface area contributed by atoms with Gasteiger partial charge < -0.3 is 15.6 Å². The highest BCUT2D eigenvalue weighted by atomic mass is 16.1. The summed E-state index contributed by atoms with van der Waals surface area (Å²) in [7, 11) is 1.85. The van der Waals surface area contributed by atoms with Crippen LogP contribution >= 0.6 is 0 Å². The average molecular weight is 267 g/mol. The molecule has 0 aliphatic rings. The molecular formula is C16H17N3O. The minimum absolute atomic E-state index is 0.0792. The van der Waals surface area contributed by atoms with Gasteiger partial charge in [-0.05, 0) is 29.8 Å². The van der Waals surface area contributed by atoms with Crippen molar-refractivity contribution in [1.29, 1.82) is 0 Å². The van der Waals surface area contributed by atoms with E-state index in [-0.39, 0.29) is 5.91 Å². The first-order chi connectivity index (χ1) is 9.70. The van der Waals surface area contributed by atoms with Crippen LogP contribution in [0.25, 0.3) is 0 Å². The van der Waals surface area contributed by atoms with Crippen molar-refractivity contribution < 1.29 is 4.79 Å². The predicted octanol–water partition coefficient (Wildman–Crippen LogP) is 1.27. The van der Waals surface area contributed by atoms with Crippen molar-refractivity contribution in [1.82, 2.24) is 9.88 Å². The number of hydrogen-bond acceptors (Lipinski definition) is 2. The molecule has 0 bridgehead atoms. The lowest BCUT2D eigenvalue weighted by atomic mass is 10.1. The molecule has 0 spiro atoms. The Bertz CT molecular complexity index is 644. The second-order valence-corrected chi connectivity index (χ2v) is 4.39. The molecule has 0 saturated heterocycles. The topological polar surface area (TPSA) is 60.0 Å². The summed E-state index contributed by atoms with van der Waals surface area (Å²) < 4.78 is 1.79. The minimum Gasteiger partial charge on any atom is -0.347 e. The molecule has 4 heteroatoms. The lowest BCUT2D eigenvalue weighted by Crippen LogP contribution is -2.24. The van der Waals surface area contributed by atoms with E-state index in [9.17, 15) is 4.79 Å². The van der Waals surface area contributed by atoms with Gasteiger partial charge in [-0.1, -0.05) is 24.0 Å². The Morgan fingerprint density at radius 3 is 2.65 bits per heavy atom. The van der Waals surface area contributed by atoms with Gasteiger partial charge in [-0.2, -0.15) is 0 Å². The third kappa shape index (κ3) is 3.50. The number of hydrogen-bond donors (Lipinski definition) is 2. The molecule has 1 amide bonds. The summed E-state index contributed by atoms with van der Waals surface area (Å²) >= 11 is 0. The molecule has 1 heterocycles. The number of nitrogens with two attached hydrogens (primary N) is 1. The number of aromatic nitrogens is 1. The Morgan fingerprint density at radius 1 is 1.30 bits per heavy atom. The van der Waals surface area contributed by atoms with Crippen molar-refractivity contribution in [2.45, 2.75) is 6.54 Å².